The molecule has 1 saturated carbocycles. The van der Waals surface area contributed by atoms with Crippen LogP contribution >= 0.6 is 0 Å². The molecule has 1 aliphatic rings. The first kappa shape index (κ1) is 12.3. The van der Waals surface area contributed by atoms with Crippen LogP contribution in [-0.4, -0.2) is 26.3 Å². The maximum atomic E-state index is 12.1. The monoisotopic (exact) mass is 258 g/mol. The minimum Gasteiger partial charge on any atom is -0.423 e. The third-order valence-electron chi connectivity index (χ3n) is 3.42. The predicted octanol–water partition coefficient (Wildman–Crippen LogP) is -0.287. The van der Waals surface area contributed by atoms with E-state index in [2.05, 4.69) is 0 Å². The molecular weight excluding hydrogens is 243 g/mol. The van der Waals surface area contributed by atoms with E-state index in [1.54, 1.807) is 33.5 Å². The lowest BCUT2D eigenvalue weighted by molar-refractivity contribution is 0.425. The van der Waals surface area contributed by atoms with Gasteiger partial charge in [-0.1, -0.05) is 24.3 Å². The largest absolute Gasteiger partial charge is 0.488 e. The topological polar surface area (TPSA) is 67.4 Å². The molecule has 6 heteroatoms. The molecule has 0 aliphatic heterocycles. The molecule has 19 heavy (non-hydrogen) atoms. The summed E-state index contributed by atoms with van der Waals surface area (Å²) in [4.78, 5) is 12.1. The van der Waals surface area contributed by atoms with E-state index >= 15 is 0 Å². The summed E-state index contributed by atoms with van der Waals surface area (Å²) in [6.07, 6.45) is 5.76. The first-order valence-electron chi connectivity index (χ1n) is 6.37. The van der Waals surface area contributed by atoms with Gasteiger partial charge in [0, 0.05) is 18.4 Å². The molecular formula is C13H15BN2O3. The van der Waals surface area contributed by atoms with Gasteiger partial charge in [-0.05, 0) is 23.9 Å². The van der Waals surface area contributed by atoms with E-state index in [1.807, 2.05) is 12.3 Å². The lowest BCUT2D eigenvalue weighted by atomic mass is 9.79. The van der Waals surface area contributed by atoms with E-state index in [0.717, 1.165) is 18.4 Å². The van der Waals surface area contributed by atoms with Crippen molar-refractivity contribution >= 4 is 12.6 Å². The summed E-state index contributed by atoms with van der Waals surface area (Å²) in [6.45, 7) is 0.444. The molecule has 1 aromatic carbocycles. The third kappa shape index (κ3) is 2.50. The Bertz CT molecular complexity index is 643. The van der Waals surface area contributed by atoms with Crippen LogP contribution < -0.4 is 11.2 Å². The number of hydrogen-bond acceptors (Lipinski definition) is 3. The summed E-state index contributed by atoms with van der Waals surface area (Å²) < 4.78 is 3.41. The van der Waals surface area contributed by atoms with Crippen molar-refractivity contribution in [3.8, 4) is 0 Å². The standard InChI is InChI=1S/C13H15BN2O3/c17-13-15(6-7-16(13)12-4-5-12)9-10-2-1-3-11(8-10)14(18)19/h1-3,6-8,12,18-19H,4-5,9H2. The molecule has 2 N–H and O–H groups in total. The van der Waals surface area contributed by atoms with Gasteiger partial charge in [-0.3, -0.25) is 9.13 Å². The number of rotatable bonds is 4. The van der Waals surface area contributed by atoms with Crippen LogP contribution in [-0.2, 0) is 6.54 Å². The van der Waals surface area contributed by atoms with Gasteiger partial charge in [-0.25, -0.2) is 4.79 Å². The van der Waals surface area contributed by atoms with Crippen molar-refractivity contribution in [2.75, 3.05) is 0 Å². The van der Waals surface area contributed by atoms with Gasteiger partial charge in [0.1, 0.15) is 0 Å². The summed E-state index contributed by atoms with van der Waals surface area (Å²) in [6, 6.07) is 7.34. The van der Waals surface area contributed by atoms with E-state index in [0.29, 0.717) is 18.0 Å². The molecule has 1 heterocycles. The number of aromatic nitrogens is 2. The van der Waals surface area contributed by atoms with Crippen molar-refractivity contribution in [3.05, 3.63) is 52.7 Å². The number of imidazole rings is 1. The minimum atomic E-state index is -1.48. The molecule has 0 radical (unpaired) electrons. The molecule has 1 aromatic heterocycles. The predicted molar refractivity (Wildman–Crippen MR) is 72.3 cm³/mol. The maximum absolute atomic E-state index is 12.1. The summed E-state index contributed by atoms with van der Waals surface area (Å²) >= 11 is 0. The van der Waals surface area contributed by atoms with Crippen LogP contribution in [0.15, 0.2) is 41.5 Å². The van der Waals surface area contributed by atoms with Gasteiger partial charge in [-0.2, -0.15) is 0 Å². The van der Waals surface area contributed by atoms with Crippen molar-refractivity contribution in [1.82, 2.24) is 9.13 Å². The summed E-state index contributed by atoms with van der Waals surface area (Å²) in [5.74, 6) is 0. The zero-order chi connectivity index (χ0) is 13.4. The molecule has 0 unspecified atom stereocenters. The lowest BCUT2D eigenvalue weighted by Crippen LogP contribution is -2.30. The van der Waals surface area contributed by atoms with Gasteiger partial charge in [0.15, 0.2) is 0 Å². The second kappa shape index (κ2) is 4.72. The number of nitrogens with zero attached hydrogens (tertiary/aromatic N) is 2. The Hall–Kier alpha value is -1.79. The Morgan fingerprint density at radius 2 is 2.05 bits per heavy atom. The lowest BCUT2D eigenvalue weighted by Gasteiger charge is -2.05. The second-order valence-corrected chi connectivity index (χ2v) is 4.97. The fourth-order valence-corrected chi connectivity index (χ4v) is 2.23. The van der Waals surface area contributed by atoms with E-state index in [9.17, 15) is 4.79 Å². The minimum absolute atomic E-state index is 0.00236. The molecule has 2 aromatic rings. The number of benzene rings is 1. The van der Waals surface area contributed by atoms with E-state index in [-0.39, 0.29) is 5.69 Å². The smallest absolute Gasteiger partial charge is 0.423 e. The van der Waals surface area contributed by atoms with Gasteiger partial charge in [0.05, 0.1) is 6.54 Å². The SMILES string of the molecule is O=c1n(Cc2cccc(B(O)O)c2)ccn1C1CC1. The molecule has 1 aliphatic carbocycles. The van der Waals surface area contributed by atoms with E-state index < -0.39 is 7.12 Å². The third-order valence-corrected chi connectivity index (χ3v) is 3.42. The van der Waals surface area contributed by atoms with Gasteiger partial charge in [0.2, 0.25) is 0 Å². The van der Waals surface area contributed by atoms with Gasteiger partial charge >= 0.3 is 12.8 Å². The highest BCUT2D eigenvalue weighted by atomic mass is 16.4. The number of hydrogen-bond donors (Lipinski definition) is 2. The molecule has 0 bridgehead atoms. The van der Waals surface area contributed by atoms with Gasteiger partial charge in [0.25, 0.3) is 0 Å². The fourth-order valence-electron chi connectivity index (χ4n) is 2.23. The Morgan fingerprint density at radius 1 is 1.26 bits per heavy atom. The van der Waals surface area contributed by atoms with Crippen LogP contribution in [0.5, 0.6) is 0 Å². The van der Waals surface area contributed by atoms with Crippen molar-refractivity contribution in [2.24, 2.45) is 0 Å². The Balaban J connectivity index is 1.85. The molecule has 0 amide bonds. The average Bonchev–Trinajstić information content (AvgIpc) is 3.17. The fraction of sp³-hybridized carbons (Fsp3) is 0.308. The second-order valence-electron chi connectivity index (χ2n) is 4.97. The summed E-state index contributed by atoms with van der Waals surface area (Å²) in [5.41, 5.74) is 1.31. The van der Waals surface area contributed by atoms with Crippen molar-refractivity contribution in [1.29, 1.82) is 0 Å². The van der Waals surface area contributed by atoms with Crippen LogP contribution in [0.3, 0.4) is 0 Å². The molecule has 0 atom stereocenters. The van der Waals surface area contributed by atoms with Crippen molar-refractivity contribution in [3.63, 3.8) is 0 Å². The molecule has 0 saturated heterocycles. The van der Waals surface area contributed by atoms with Crippen LogP contribution in [0.25, 0.3) is 0 Å². The summed E-state index contributed by atoms with van der Waals surface area (Å²) in [5, 5.41) is 18.3. The molecule has 5 nitrogen and oxygen atoms in total. The molecule has 98 valence electrons. The zero-order valence-electron chi connectivity index (χ0n) is 10.4. The summed E-state index contributed by atoms with van der Waals surface area (Å²) in [7, 11) is -1.48. The first-order chi connectivity index (χ1) is 9.15. The van der Waals surface area contributed by atoms with Crippen molar-refractivity contribution in [2.45, 2.75) is 25.4 Å². The van der Waals surface area contributed by atoms with Gasteiger partial charge < -0.3 is 10.0 Å². The Morgan fingerprint density at radius 3 is 2.74 bits per heavy atom. The van der Waals surface area contributed by atoms with Crippen LogP contribution in [0, 0.1) is 0 Å². The zero-order valence-corrected chi connectivity index (χ0v) is 10.4. The molecule has 1 fully saturated rings. The van der Waals surface area contributed by atoms with E-state index in [4.69, 9.17) is 10.0 Å². The van der Waals surface area contributed by atoms with Crippen LogP contribution in [0.2, 0.25) is 0 Å². The van der Waals surface area contributed by atoms with Crippen molar-refractivity contribution < 1.29 is 10.0 Å². The highest BCUT2D eigenvalue weighted by molar-refractivity contribution is 6.58. The Labute approximate surface area is 110 Å². The normalized spacial score (nSPS) is 14.6. The van der Waals surface area contributed by atoms with E-state index in [1.165, 1.54) is 0 Å². The molecule has 3 rings (SSSR count). The van der Waals surface area contributed by atoms with Crippen LogP contribution in [0.1, 0.15) is 24.4 Å². The quantitative estimate of drug-likeness (QED) is 0.741. The van der Waals surface area contributed by atoms with Gasteiger partial charge in [-0.15, -0.1) is 0 Å². The molecule has 0 spiro atoms. The first-order valence-corrected chi connectivity index (χ1v) is 6.37. The average molecular weight is 258 g/mol. The Kier molecular flexibility index (Phi) is 3.04. The van der Waals surface area contributed by atoms with Crippen LogP contribution in [0.4, 0.5) is 0 Å². The highest BCUT2D eigenvalue weighted by Crippen LogP contribution is 2.33. The highest BCUT2D eigenvalue weighted by Gasteiger charge is 2.25. The maximum Gasteiger partial charge on any atom is 0.488 e.